The molecule has 3 heterocycles. The average molecular weight is 274 g/mol. The molecule has 106 valence electrons. The van der Waals surface area contributed by atoms with Crippen LogP contribution in [-0.4, -0.2) is 41.5 Å². The van der Waals surface area contributed by atoms with Crippen LogP contribution < -0.4 is 10.6 Å². The Labute approximate surface area is 117 Å². The number of aromatic nitrogens is 1. The molecule has 2 aliphatic rings. The third-order valence-corrected chi connectivity index (χ3v) is 3.94. The zero-order valence-electron chi connectivity index (χ0n) is 11.2. The van der Waals surface area contributed by atoms with E-state index in [0.29, 0.717) is 25.6 Å². The molecule has 3 rings (SSSR count). The van der Waals surface area contributed by atoms with Crippen LogP contribution in [0.2, 0.25) is 0 Å². The van der Waals surface area contributed by atoms with Crippen molar-refractivity contribution >= 4 is 11.9 Å². The molecule has 0 aromatic carbocycles. The monoisotopic (exact) mass is 274 g/mol. The summed E-state index contributed by atoms with van der Waals surface area (Å²) >= 11 is 0. The highest BCUT2D eigenvalue weighted by molar-refractivity contribution is 5.96. The summed E-state index contributed by atoms with van der Waals surface area (Å²) in [5.74, 6) is 0.285. The normalized spacial score (nSPS) is 25.4. The summed E-state index contributed by atoms with van der Waals surface area (Å²) in [7, 11) is 0. The van der Waals surface area contributed by atoms with Gasteiger partial charge in [0.15, 0.2) is 0 Å². The first-order valence-electron chi connectivity index (χ1n) is 6.93. The summed E-state index contributed by atoms with van der Waals surface area (Å²) in [5, 5.41) is 6.05. The number of nitrogens with one attached hydrogen (secondary N) is 2. The highest BCUT2D eigenvalue weighted by Gasteiger charge is 2.39. The lowest BCUT2D eigenvalue weighted by Gasteiger charge is -2.39. The maximum Gasteiger partial charge on any atom is 0.324 e. The molecule has 2 saturated heterocycles. The van der Waals surface area contributed by atoms with Gasteiger partial charge in [0.25, 0.3) is 0 Å². The van der Waals surface area contributed by atoms with E-state index < -0.39 is 0 Å². The van der Waals surface area contributed by atoms with Crippen molar-refractivity contribution in [2.24, 2.45) is 11.8 Å². The third kappa shape index (κ3) is 2.65. The summed E-state index contributed by atoms with van der Waals surface area (Å²) in [6, 6.07) is 3.40. The van der Waals surface area contributed by atoms with Gasteiger partial charge in [0, 0.05) is 32.0 Å². The van der Waals surface area contributed by atoms with Gasteiger partial charge < -0.3 is 10.6 Å². The summed E-state index contributed by atoms with van der Waals surface area (Å²) in [5.41, 5.74) is 0.972. The van der Waals surface area contributed by atoms with Gasteiger partial charge >= 0.3 is 6.03 Å². The molecule has 2 fully saturated rings. The van der Waals surface area contributed by atoms with Crippen LogP contribution in [0.3, 0.4) is 0 Å². The molecule has 2 atom stereocenters. The molecule has 3 amide bonds. The lowest BCUT2D eigenvalue weighted by molar-refractivity contribution is -0.137. The van der Waals surface area contributed by atoms with Crippen LogP contribution in [-0.2, 0) is 11.3 Å². The number of hydrogen-bond donors (Lipinski definition) is 2. The molecule has 1 aromatic rings. The lowest BCUT2D eigenvalue weighted by Crippen LogP contribution is -2.58. The van der Waals surface area contributed by atoms with Gasteiger partial charge in [-0.25, -0.2) is 4.79 Å². The standard InChI is InChI=1S/C14H18N4O2/c19-13-12-5-11(6-16-8-12)9-18(13)14(20)17-7-10-1-3-15-4-2-10/h1-4,11-12,16H,5-9H2,(H,17,20). The Morgan fingerprint density at radius 2 is 2.20 bits per heavy atom. The number of pyridine rings is 1. The number of hydrogen-bond acceptors (Lipinski definition) is 4. The van der Waals surface area contributed by atoms with Gasteiger partial charge in [-0.1, -0.05) is 0 Å². The maximum atomic E-state index is 12.2. The molecule has 0 aliphatic carbocycles. The van der Waals surface area contributed by atoms with E-state index >= 15 is 0 Å². The molecular weight excluding hydrogens is 256 g/mol. The van der Waals surface area contributed by atoms with E-state index in [9.17, 15) is 9.59 Å². The lowest BCUT2D eigenvalue weighted by atomic mass is 9.85. The van der Waals surface area contributed by atoms with Crippen LogP contribution in [0.5, 0.6) is 0 Å². The molecular formula is C14H18N4O2. The van der Waals surface area contributed by atoms with Gasteiger partial charge in [-0.15, -0.1) is 0 Å². The molecule has 20 heavy (non-hydrogen) atoms. The first-order chi connectivity index (χ1) is 9.74. The number of amides is 3. The predicted molar refractivity (Wildman–Crippen MR) is 72.7 cm³/mol. The number of fused-ring (bicyclic) bond motifs is 2. The quantitative estimate of drug-likeness (QED) is 0.816. The van der Waals surface area contributed by atoms with E-state index in [1.54, 1.807) is 12.4 Å². The molecule has 2 unspecified atom stereocenters. The number of carbonyl (C=O) groups is 2. The Hall–Kier alpha value is -1.95. The molecule has 2 aliphatic heterocycles. The van der Waals surface area contributed by atoms with E-state index in [-0.39, 0.29) is 17.9 Å². The first-order valence-corrected chi connectivity index (χ1v) is 6.93. The molecule has 0 radical (unpaired) electrons. The van der Waals surface area contributed by atoms with Crippen LogP contribution >= 0.6 is 0 Å². The van der Waals surface area contributed by atoms with Crippen molar-refractivity contribution in [3.05, 3.63) is 30.1 Å². The van der Waals surface area contributed by atoms with Crippen molar-refractivity contribution in [1.82, 2.24) is 20.5 Å². The summed E-state index contributed by atoms with van der Waals surface area (Å²) in [6.07, 6.45) is 4.27. The SMILES string of the molecule is O=C(NCc1ccncc1)N1CC2CNCC(C2)C1=O. The van der Waals surface area contributed by atoms with Gasteiger partial charge in [-0.2, -0.15) is 0 Å². The highest BCUT2D eigenvalue weighted by Crippen LogP contribution is 2.25. The van der Waals surface area contributed by atoms with Crippen molar-refractivity contribution in [3.63, 3.8) is 0 Å². The predicted octanol–water partition coefficient (Wildman–Crippen LogP) is 0.359. The number of likely N-dealkylation sites (tertiary alicyclic amines) is 1. The highest BCUT2D eigenvalue weighted by atomic mass is 16.2. The fraction of sp³-hybridized carbons (Fsp3) is 0.500. The molecule has 1 aromatic heterocycles. The summed E-state index contributed by atoms with van der Waals surface area (Å²) < 4.78 is 0. The largest absolute Gasteiger partial charge is 0.334 e. The van der Waals surface area contributed by atoms with Gasteiger partial charge in [-0.3, -0.25) is 14.7 Å². The minimum absolute atomic E-state index is 0.0471. The van der Waals surface area contributed by atoms with Crippen LogP contribution in [0.4, 0.5) is 4.79 Å². The number of rotatable bonds is 2. The third-order valence-electron chi connectivity index (χ3n) is 3.94. The fourth-order valence-electron chi connectivity index (χ4n) is 2.88. The zero-order valence-corrected chi connectivity index (χ0v) is 11.2. The average Bonchev–Trinajstić information content (AvgIpc) is 2.50. The zero-order chi connectivity index (χ0) is 13.9. The number of imide groups is 1. The van der Waals surface area contributed by atoms with Crippen LogP contribution in [0.15, 0.2) is 24.5 Å². The van der Waals surface area contributed by atoms with E-state index in [1.165, 1.54) is 4.90 Å². The molecule has 6 nitrogen and oxygen atoms in total. The number of nitrogens with zero attached hydrogens (tertiary/aromatic N) is 2. The van der Waals surface area contributed by atoms with Crippen LogP contribution in [0, 0.1) is 11.8 Å². The summed E-state index contributed by atoms with van der Waals surface area (Å²) in [4.78, 5) is 29.7. The van der Waals surface area contributed by atoms with Gasteiger partial charge in [0.1, 0.15) is 0 Å². The van der Waals surface area contributed by atoms with Crippen LogP contribution in [0.1, 0.15) is 12.0 Å². The maximum absolute atomic E-state index is 12.2. The Bertz CT molecular complexity index is 505. The van der Waals surface area contributed by atoms with Crippen molar-refractivity contribution in [1.29, 1.82) is 0 Å². The van der Waals surface area contributed by atoms with Crippen molar-refractivity contribution in [2.75, 3.05) is 19.6 Å². The van der Waals surface area contributed by atoms with Gasteiger partial charge in [0.05, 0.1) is 5.92 Å². The minimum Gasteiger partial charge on any atom is -0.334 e. The molecule has 2 N–H and O–H groups in total. The van der Waals surface area contributed by atoms with E-state index in [2.05, 4.69) is 15.6 Å². The smallest absolute Gasteiger partial charge is 0.324 e. The second-order valence-corrected chi connectivity index (χ2v) is 5.42. The molecule has 6 heteroatoms. The topological polar surface area (TPSA) is 74.3 Å². The molecule has 0 spiro atoms. The van der Waals surface area contributed by atoms with E-state index in [4.69, 9.17) is 0 Å². The van der Waals surface area contributed by atoms with Crippen molar-refractivity contribution < 1.29 is 9.59 Å². The summed E-state index contributed by atoms with van der Waals surface area (Å²) in [6.45, 7) is 2.50. The number of urea groups is 1. The molecule has 2 bridgehead atoms. The Kier molecular flexibility index (Phi) is 3.64. The molecule has 0 saturated carbocycles. The van der Waals surface area contributed by atoms with E-state index in [1.807, 2.05) is 12.1 Å². The Morgan fingerprint density at radius 3 is 3.00 bits per heavy atom. The Balaban J connectivity index is 1.60. The minimum atomic E-state index is -0.289. The van der Waals surface area contributed by atoms with Gasteiger partial charge in [0.2, 0.25) is 5.91 Å². The fourth-order valence-corrected chi connectivity index (χ4v) is 2.88. The second kappa shape index (κ2) is 5.58. The number of carbonyl (C=O) groups excluding carboxylic acids is 2. The van der Waals surface area contributed by atoms with Crippen LogP contribution in [0.25, 0.3) is 0 Å². The first kappa shape index (κ1) is 13.1. The van der Waals surface area contributed by atoms with Crippen molar-refractivity contribution in [3.8, 4) is 0 Å². The second-order valence-electron chi connectivity index (χ2n) is 5.42. The Morgan fingerprint density at radius 1 is 1.40 bits per heavy atom. The van der Waals surface area contributed by atoms with Crippen molar-refractivity contribution in [2.45, 2.75) is 13.0 Å². The van der Waals surface area contributed by atoms with Gasteiger partial charge in [-0.05, 0) is 36.6 Å². The number of piperidine rings is 2. The van der Waals surface area contributed by atoms with E-state index in [0.717, 1.165) is 18.5 Å².